The summed E-state index contributed by atoms with van der Waals surface area (Å²) in [6.45, 7) is 4.39. The number of carbonyl (C=O) groups excluding carboxylic acids is 2. The van der Waals surface area contributed by atoms with Gasteiger partial charge in [0.05, 0.1) is 28.8 Å². The van der Waals surface area contributed by atoms with Gasteiger partial charge in [-0.05, 0) is 61.9 Å². The maximum absolute atomic E-state index is 13.6. The number of para-hydroxylation sites is 3. The third kappa shape index (κ3) is 4.22. The minimum atomic E-state index is -0.806. The molecule has 0 saturated heterocycles. The first-order chi connectivity index (χ1) is 17.5. The van der Waals surface area contributed by atoms with Crippen LogP contribution in [0.1, 0.15) is 29.5 Å². The molecule has 8 nitrogen and oxygen atoms in total. The van der Waals surface area contributed by atoms with E-state index in [1.165, 1.54) is 4.57 Å². The highest BCUT2D eigenvalue weighted by Crippen LogP contribution is 2.34. The molecule has 2 heterocycles. The largest absolute Gasteiger partial charge is 0.477 e. The number of hydrogen-bond donors (Lipinski definition) is 1. The number of fused-ring (bicyclic) bond motifs is 2. The van der Waals surface area contributed by atoms with Crippen molar-refractivity contribution in [2.75, 3.05) is 18.0 Å². The van der Waals surface area contributed by atoms with E-state index in [0.717, 1.165) is 6.42 Å². The van der Waals surface area contributed by atoms with Crippen molar-refractivity contribution >= 4 is 28.4 Å². The van der Waals surface area contributed by atoms with Crippen molar-refractivity contribution in [2.45, 2.75) is 26.4 Å². The fraction of sp³-hybridized carbons (Fsp3) is 0.214. The zero-order valence-corrected chi connectivity index (χ0v) is 20.1. The van der Waals surface area contributed by atoms with Gasteiger partial charge < -0.3 is 15.0 Å². The molecule has 2 amide bonds. The summed E-state index contributed by atoms with van der Waals surface area (Å²) >= 11 is 0. The van der Waals surface area contributed by atoms with Crippen LogP contribution in [0.5, 0.6) is 5.75 Å². The third-order valence-electron chi connectivity index (χ3n) is 6.18. The Kier molecular flexibility index (Phi) is 6.25. The van der Waals surface area contributed by atoms with Gasteiger partial charge in [0.1, 0.15) is 11.6 Å². The van der Waals surface area contributed by atoms with Gasteiger partial charge in [-0.1, -0.05) is 31.2 Å². The molecule has 182 valence electrons. The van der Waals surface area contributed by atoms with Crippen LogP contribution >= 0.6 is 0 Å². The molecule has 0 bridgehead atoms. The number of hydrogen-bond acceptors (Lipinski definition) is 5. The Bertz CT molecular complexity index is 1510. The standard InChI is InChI=1S/C28H26N4O4/c1-3-16-29-26(33)25-17-31(23-10-6-7-11-24(23)36-25)27(34)19-12-14-20(15-13-19)32-18(2)30-22-9-5-4-8-21(22)28(32)35/h4-15,25H,3,16-17H2,1-2H3,(H,29,33)/t25-/m1/s1. The summed E-state index contributed by atoms with van der Waals surface area (Å²) in [7, 11) is 0. The van der Waals surface area contributed by atoms with Gasteiger partial charge in [0.2, 0.25) is 0 Å². The van der Waals surface area contributed by atoms with Crippen molar-refractivity contribution in [3.63, 3.8) is 0 Å². The van der Waals surface area contributed by atoms with Crippen molar-refractivity contribution in [1.29, 1.82) is 0 Å². The first-order valence-corrected chi connectivity index (χ1v) is 11.9. The molecule has 1 atom stereocenters. The fourth-order valence-electron chi connectivity index (χ4n) is 4.38. The van der Waals surface area contributed by atoms with E-state index in [2.05, 4.69) is 10.3 Å². The molecule has 36 heavy (non-hydrogen) atoms. The van der Waals surface area contributed by atoms with Gasteiger partial charge in [-0.2, -0.15) is 0 Å². The Labute approximate surface area is 208 Å². The van der Waals surface area contributed by atoms with Gasteiger partial charge in [-0.25, -0.2) is 4.98 Å². The number of carbonyl (C=O) groups is 2. The van der Waals surface area contributed by atoms with E-state index in [1.54, 1.807) is 60.4 Å². The van der Waals surface area contributed by atoms with Gasteiger partial charge in [0.15, 0.2) is 6.10 Å². The van der Waals surface area contributed by atoms with Crippen molar-refractivity contribution in [3.8, 4) is 11.4 Å². The van der Waals surface area contributed by atoms with Crippen LogP contribution in [0.3, 0.4) is 0 Å². The summed E-state index contributed by atoms with van der Waals surface area (Å²) in [5.41, 5.74) is 2.14. The molecule has 3 aromatic carbocycles. The second kappa shape index (κ2) is 9.65. The van der Waals surface area contributed by atoms with Crippen LogP contribution in [0, 0.1) is 6.92 Å². The quantitative estimate of drug-likeness (QED) is 0.469. The molecule has 8 heteroatoms. The normalized spacial score (nSPS) is 14.7. The highest BCUT2D eigenvalue weighted by Gasteiger charge is 2.34. The molecule has 0 saturated carbocycles. The molecular formula is C28H26N4O4. The van der Waals surface area contributed by atoms with Crippen molar-refractivity contribution in [3.05, 3.63) is 94.5 Å². The second-order valence-electron chi connectivity index (χ2n) is 8.64. The molecular weight excluding hydrogens is 456 g/mol. The smallest absolute Gasteiger partial charge is 0.265 e. The van der Waals surface area contributed by atoms with Crippen LogP contribution in [0.2, 0.25) is 0 Å². The molecule has 5 rings (SSSR count). The lowest BCUT2D eigenvalue weighted by Crippen LogP contribution is -2.50. The molecule has 0 spiro atoms. The SMILES string of the molecule is CCCNC(=O)[C@H]1CN(C(=O)c2ccc(-n3c(C)nc4ccccc4c3=O)cc2)c2ccccc2O1. The Hall–Kier alpha value is -4.46. The number of ether oxygens (including phenoxy) is 1. The Morgan fingerprint density at radius 3 is 2.53 bits per heavy atom. The number of aromatic nitrogens is 2. The predicted octanol–water partition coefficient (Wildman–Crippen LogP) is 3.63. The van der Waals surface area contributed by atoms with Crippen LogP contribution in [0.15, 0.2) is 77.6 Å². The summed E-state index contributed by atoms with van der Waals surface area (Å²) in [6.07, 6.45) is -0.00106. The summed E-state index contributed by atoms with van der Waals surface area (Å²) in [5.74, 6) is 0.528. The van der Waals surface area contributed by atoms with E-state index in [4.69, 9.17) is 4.74 Å². The van der Waals surface area contributed by atoms with Crippen molar-refractivity contribution in [2.24, 2.45) is 0 Å². The van der Waals surface area contributed by atoms with Gasteiger partial charge in [-0.15, -0.1) is 0 Å². The van der Waals surface area contributed by atoms with Crippen LogP contribution in [0.4, 0.5) is 5.69 Å². The van der Waals surface area contributed by atoms with Crippen LogP contribution in [0.25, 0.3) is 16.6 Å². The average molecular weight is 483 g/mol. The number of amides is 2. The molecule has 0 unspecified atom stereocenters. The first-order valence-electron chi connectivity index (χ1n) is 11.9. The van der Waals surface area contributed by atoms with E-state index in [9.17, 15) is 14.4 Å². The van der Waals surface area contributed by atoms with Gasteiger partial charge in [-0.3, -0.25) is 19.0 Å². The number of nitrogens with zero attached hydrogens (tertiary/aromatic N) is 3. The highest BCUT2D eigenvalue weighted by molar-refractivity contribution is 6.08. The number of anilines is 1. The lowest BCUT2D eigenvalue weighted by Gasteiger charge is -2.34. The zero-order chi connectivity index (χ0) is 25.2. The molecule has 1 aliphatic rings. The predicted molar refractivity (Wildman–Crippen MR) is 138 cm³/mol. The van der Waals surface area contributed by atoms with E-state index >= 15 is 0 Å². The Morgan fingerprint density at radius 2 is 1.75 bits per heavy atom. The molecule has 0 aliphatic carbocycles. The first kappa shape index (κ1) is 23.3. The molecule has 0 radical (unpaired) electrons. The van der Waals surface area contributed by atoms with Crippen molar-refractivity contribution in [1.82, 2.24) is 14.9 Å². The maximum atomic E-state index is 13.6. The van der Waals surface area contributed by atoms with E-state index in [1.807, 2.05) is 31.2 Å². The van der Waals surface area contributed by atoms with Gasteiger partial charge in [0, 0.05) is 12.1 Å². The van der Waals surface area contributed by atoms with E-state index < -0.39 is 6.10 Å². The van der Waals surface area contributed by atoms with Gasteiger partial charge >= 0.3 is 0 Å². The minimum Gasteiger partial charge on any atom is -0.477 e. The number of benzene rings is 3. The molecule has 1 aromatic heterocycles. The third-order valence-corrected chi connectivity index (χ3v) is 6.18. The number of rotatable bonds is 5. The number of nitrogens with one attached hydrogen (secondary N) is 1. The maximum Gasteiger partial charge on any atom is 0.265 e. The summed E-state index contributed by atoms with van der Waals surface area (Å²) in [4.78, 5) is 45.4. The lowest BCUT2D eigenvalue weighted by molar-refractivity contribution is -0.127. The zero-order valence-electron chi connectivity index (χ0n) is 20.1. The fourth-order valence-corrected chi connectivity index (χ4v) is 4.38. The molecule has 0 fully saturated rings. The molecule has 1 N–H and O–H groups in total. The Morgan fingerprint density at radius 1 is 1.03 bits per heavy atom. The summed E-state index contributed by atoms with van der Waals surface area (Å²) < 4.78 is 7.43. The van der Waals surface area contributed by atoms with E-state index in [0.29, 0.717) is 46.0 Å². The number of aryl methyl sites for hydroxylation is 1. The minimum absolute atomic E-state index is 0.0975. The van der Waals surface area contributed by atoms with Crippen LogP contribution < -0.4 is 20.5 Å². The molecule has 1 aliphatic heterocycles. The average Bonchev–Trinajstić information content (AvgIpc) is 2.91. The van der Waals surface area contributed by atoms with E-state index in [-0.39, 0.29) is 23.9 Å². The molecule has 4 aromatic rings. The summed E-state index contributed by atoms with van der Waals surface area (Å²) in [6, 6.07) is 21.2. The van der Waals surface area contributed by atoms with Crippen LogP contribution in [-0.2, 0) is 4.79 Å². The lowest BCUT2D eigenvalue weighted by atomic mass is 10.1. The Balaban J connectivity index is 1.46. The second-order valence-corrected chi connectivity index (χ2v) is 8.64. The summed E-state index contributed by atoms with van der Waals surface area (Å²) in [5, 5.41) is 3.37. The topological polar surface area (TPSA) is 93.5 Å². The van der Waals surface area contributed by atoms with Crippen molar-refractivity contribution < 1.29 is 14.3 Å². The highest BCUT2D eigenvalue weighted by atomic mass is 16.5. The van der Waals surface area contributed by atoms with Gasteiger partial charge in [0.25, 0.3) is 17.4 Å². The monoisotopic (exact) mass is 482 g/mol. The van der Waals surface area contributed by atoms with Crippen LogP contribution in [-0.4, -0.2) is 40.6 Å².